The second-order valence-corrected chi connectivity index (χ2v) is 8.59. The molecule has 1 aliphatic rings. The number of fused-ring (bicyclic) bond motifs is 1. The molecule has 0 N–H and O–H groups in total. The predicted octanol–water partition coefficient (Wildman–Crippen LogP) is 4.25. The molecule has 1 saturated heterocycles. The van der Waals surface area contributed by atoms with E-state index < -0.39 is 0 Å². The lowest BCUT2D eigenvalue weighted by atomic mass is 9.95. The Kier molecular flexibility index (Phi) is 5.12. The highest BCUT2D eigenvalue weighted by Crippen LogP contribution is 2.36. The standard InChI is InChI=1S/C21H24N6OS/c1-2-18(20-23-24-25-27(20)14-16-6-5-13-28-16)26-11-9-15(10-12-26)21-22-17-7-3-4-8-19(17)29-21/h3-8,13,15,18H,2,9-12,14H2,1H3. The summed E-state index contributed by atoms with van der Waals surface area (Å²) in [4.78, 5) is 7.41. The zero-order valence-corrected chi connectivity index (χ0v) is 17.3. The van der Waals surface area contributed by atoms with Crippen LogP contribution in [-0.2, 0) is 6.54 Å². The molecule has 4 heterocycles. The Balaban J connectivity index is 1.29. The Labute approximate surface area is 173 Å². The summed E-state index contributed by atoms with van der Waals surface area (Å²) in [5, 5.41) is 13.8. The van der Waals surface area contributed by atoms with Crippen LogP contribution in [0.15, 0.2) is 47.1 Å². The SMILES string of the molecule is CCC(c1nnnn1Cc1ccco1)N1CCC(c2nc3ccccc3s2)CC1. The fourth-order valence-electron chi connectivity index (χ4n) is 4.24. The summed E-state index contributed by atoms with van der Waals surface area (Å²) < 4.78 is 8.63. The molecule has 1 unspecified atom stereocenters. The van der Waals surface area contributed by atoms with Gasteiger partial charge in [-0.25, -0.2) is 9.67 Å². The largest absolute Gasteiger partial charge is 0.467 e. The summed E-state index contributed by atoms with van der Waals surface area (Å²) in [5.41, 5.74) is 1.12. The number of rotatable bonds is 6. The van der Waals surface area contributed by atoms with Crippen molar-refractivity contribution < 1.29 is 4.42 Å². The van der Waals surface area contributed by atoms with E-state index in [1.54, 1.807) is 6.26 Å². The Morgan fingerprint density at radius 1 is 1.17 bits per heavy atom. The maximum absolute atomic E-state index is 5.47. The van der Waals surface area contributed by atoms with E-state index in [9.17, 15) is 0 Å². The number of thiazole rings is 1. The molecule has 1 atom stereocenters. The van der Waals surface area contributed by atoms with Gasteiger partial charge >= 0.3 is 0 Å². The predicted molar refractivity (Wildman–Crippen MR) is 112 cm³/mol. The molecule has 7 nitrogen and oxygen atoms in total. The van der Waals surface area contributed by atoms with Crippen LogP contribution in [0.2, 0.25) is 0 Å². The molecular weight excluding hydrogens is 384 g/mol. The van der Waals surface area contributed by atoms with Crippen LogP contribution in [0.25, 0.3) is 10.2 Å². The summed E-state index contributed by atoms with van der Waals surface area (Å²) in [7, 11) is 0. The van der Waals surface area contributed by atoms with Crippen molar-refractivity contribution in [1.82, 2.24) is 30.1 Å². The van der Waals surface area contributed by atoms with Crippen molar-refractivity contribution in [3.63, 3.8) is 0 Å². The third-order valence-corrected chi connectivity index (χ3v) is 6.96. The quantitative estimate of drug-likeness (QED) is 0.475. The minimum atomic E-state index is 0.219. The number of furan rings is 1. The van der Waals surface area contributed by atoms with Crippen molar-refractivity contribution >= 4 is 21.6 Å². The Morgan fingerprint density at radius 3 is 2.79 bits per heavy atom. The molecule has 0 bridgehead atoms. The van der Waals surface area contributed by atoms with Gasteiger partial charge in [-0.15, -0.1) is 16.4 Å². The topological polar surface area (TPSA) is 72.9 Å². The summed E-state index contributed by atoms with van der Waals surface area (Å²) in [5.74, 6) is 2.32. The number of likely N-dealkylation sites (tertiary alicyclic amines) is 1. The van der Waals surface area contributed by atoms with Crippen molar-refractivity contribution in [2.24, 2.45) is 0 Å². The van der Waals surface area contributed by atoms with Crippen LogP contribution in [0.1, 0.15) is 54.7 Å². The van der Waals surface area contributed by atoms with Crippen LogP contribution in [0.4, 0.5) is 0 Å². The van der Waals surface area contributed by atoms with Gasteiger partial charge in [-0.1, -0.05) is 19.1 Å². The summed E-state index contributed by atoms with van der Waals surface area (Å²) in [6, 6.07) is 12.5. The molecule has 8 heteroatoms. The first-order valence-corrected chi connectivity index (χ1v) is 11.0. The second-order valence-electron chi connectivity index (χ2n) is 7.53. The fraction of sp³-hybridized carbons (Fsp3) is 0.429. The number of hydrogen-bond acceptors (Lipinski definition) is 7. The molecule has 4 aromatic rings. The van der Waals surface area contributed by atoms with Gasteiger partial charge in [0.05, 0.1) is 27.5 Å². The van der Waals surface area contributed by atoms with Crippen molar-refractivity contribution in [1.29, 1.82) is 0 Å². The lowest BCUT2D eigenvalue weighted by Crippen LogP contribution is -2.37. The number of para-hydroxylation sites is 1. The van der Waals surface area contributed by atoms with Gasteiger partial charge in [-0.2, -0.15) is 0 Å². The van der Waals surface area contributed by atoms with Gasteiger partial charge in [-0.3, -0.25) is 4.90 Å². The van der Waals surface area contributed by atoms with Gasteiger partial charge in [0.15, 0.2) is 5.82 Å². The van der Waals surface area contributed by atoms with Crippen LogP contribution in [0.5, 0.6) is 0 Å². The summed E-state index contributed by atoms with van der Waals surface area (Å²) >= 11 is 1.84. The summed E-state index contributed by atoms with van der Waals surface area (Å²) in [6.45, 7) is 4.84. The molecule has 0 aliphatic carbocycles. The first-order chi connectivity index (χ1) is 14.3. The van der Waals surface area contributed by atoms with Crippen LogP contribution in [-0.4, -0.2) is 43.2 Å². The average Bonchev–Trinajstić information content (AvgIpc) is 3.51. The third kappa shape index (κ3) is 3.70. The molecule has 0 radical (unpaired) electrons. The van der Waals surface area contributed by atoms with E-state index in [0.29, 0.717) is 12.5 Å². The molecule has 3 aromatic heterocycles. The van der Waals surface area contributed by atoms with Crippen LogP contribution >= 0.6 is 11.3 Å². The van der Waals surface area contributed by atoms with Gasteiger partial charge in [0.1, 0.15) is 12.3 Å². The number of piperidine rings is 1. The zero-order chi connectivity index (χ0) is 19.6. The van der Waals surface area contributed by atoms with Gasteiger partial charge < -0.3 is 4.42 Å². The van der Waals surface area contributed by atoms with Crippen molar-refractivity contribution in [3.8, 4) is 0 Å². The summed E-state index contributed by atoms with van der Waals surface area (Å²) in [6.07, 6.45) is 4.90. The molecule has 0 spiro atoms. The Bertz CT molecular complexity index is 1030. The minimum absolute atomic E-state index is 0.219. The molecule has 1 fully saturated rings. The molecule has 0 saturated carbocycles. The first-order valence-electron chi connectivity index (χ1n) is 10.2. The maximum Gasteiger partial charge on any atom is 0.168 e. The molecule has 5 rings (SSSR count). The lowest BCUT2D eigenvalue weighted by molar-refractivity contribution is 0.138. The molecule has 0 amide bonds. The van der Waals surface area contributed by atoms with Crippen LogP contribution in [0, 0.1) is 0 Å². The van der Waals surface area contributed by atoms with Crippen LogP contribution in [0.3, 0.4) is 0 Å². The first kappa shape index (κ1) is 18.4. The lowest BCUT2D eigenvalue weighted by Gasteiger charge is -2.36. The van der Waals surface area contributed by atoms with E-state index >= 15 is 0 Å². The van der Waals surface area contributed by atoms with Gasteiger partial charge in [0.2, 0.25) is 0 Å². The van der Waals surface area contributed by atoms with E-state index in [4.69, 9.17) is 9.40 Å². The van der Waals surface area contributed by atoms with E-state index in [-0.39, 0.29) is 6.04 Å². The van der Waals surface area contributed by atoms with E-state index in [1.807, 2.05) is 28.2 Å². The van der Waals surface area contributed by atoms with Crippen molar-refractivity contribution in [2.75, 3.05) is 13.1 Å². The van der Waals surface area contributed by atoms with E-state index in [2.05, 4.69) is 51.6 Å². The molecule has 150 valence electrons. The highest BCUT2D eigenvalue weighted by Gasteiger charge is 2.30. The van der Waals surface area contributed by atoms with Gasteiger partial charge in [0, 0.05) is 5.92 Å². The van der Waals surface area contributed by atoms with Gasteiger partial charge in [0.25, 0.3) is 0 Å². The van der Waals surface area contributed by atoms with Crippen molar-refractivity contribution in [2.45, 2.75) is 44.7 Å². The highest BCUT2D eigenvalue weighted by molar-refractivity contribution is 7.18. The Morgan fingerprint density at radius 2 is 2.03 bits per heavy atom. The molecule has 29 heavy (non-hydrogen) atoms. The number of tetrazole rings is 1. The number of benzene rings is 1. The monoisotopic (exact) mass is 408 g/mol. The fourth-order valence-corrected chi connectivity index (χ4v) is 5.38. The zero-order valence-electron chi connectivity index (χ0n) is 16.4. The number of hydrogen-bond donors (Lipinski definition) is 0. The number of aromatic nitrogens is 5. The number of nitrogens with zero attached hydrogens (tertiary/aromatic N) is 6. The normalized spacial score (nSPS) is 17.1. The minimum Gasteiger partial charge on any atom is -0.467 e. The Hall–Kier alpha value is -2.58. The maximum atomic E-state index is 5.47. The average molecular weight is 409 g/mol. The second kappa shape index (κ2) is 8.04. The van der Waals surface area contributed by atoms with Crippen LogP contribution < -0.4 is 0 Å². The van der Waals surface area contributed by atoms with E-state index in [1.165, 1.54) is 9.71 Å². The third-order valence-electron chi connectivity index (χ3n) is 5.76. The van der Waals surface area contributed by atoms with E-state index in [0.717, 1.165) is 49.5 Å². The highest BCUT2D eigenvalue weighted by atomic mass is 32.1. The molecule has 1 aromatic carbocycles. The molecular formula is C21H24N6OS. The van der Waals surface area contributed by atoms with Gasteiger partial charge in [-0.05, 0) is 67.0 Å². The smallest absolute Gasteiger partial charge is 0.168 e. The van der Waals surface area contributed by atoms with Crippen molar-refractivity contribution in [3.05, 3.63) is 59.3 Å². The molecule has 1 aliphatic heterocycles.